The van der Waals surface area contributed by atoms with Crippen LogP contribution in [0.25, 0.3) is 0 Å². The van der Waals surface area contributed by atoms with Crippen molar-refractivity contribution in [3.8, 4) is 5.75 Å². The van der Waals surface area contributed by atoms with Crippen LogP contribution in [-0.2, 0) is 19.1 Å². The van der Waals surface area contributed by atoms with Crippen molar-refractivity contribution < 1.29 is 28.6 Å². The summed E-state index contributed by atoms with van der Waals surface area (Å²) in [5, 5.41) is 2.73. The number of hydrogen-bond acceptors (Lipinski definition) is 7. The Bertz CT molecular complexity index is 911. The minimum Gasteiger partial charge on any atom is -0.480 e. The molecular formula is C22H34N4O6Si. The van der Waals surface area contributed by atoms with Crippen molar-refractivity contribution in [2.45, 2.75) is 64.5 Å². The van der Waals surface area contributed by atoms with E-state index in [2.05, 4.69) is 29.9 Å². The zero-order valence-electron chi connectivity index (χ0n) is 20.3. The largest absolute Gasteiger partial charge is 0.480 e. The molecule has 182 valence electrons. The fourth-order valence-corrected chi connectivity index (χ4v) is 4.14. The average Bonchev–Trinajstić information content (AvgIpc) is 3.03. The van der Waals surface area contributed by atoms with Gasteiger partial charge in [-0.1, -0.05) is 19.6 Å². The first-order valence-electron chi connectivity index (χ1n) is 11.1. The highest BCUT2D eigenvalue weighted by Gasteiger charge is 2.35. The van der Waals surface area contributed by atoms with Crippen molar-refractivity contribution in [2.75, 3.05) is 36.3 Å². The molecule has 3 amide bonds. The molecule has 0 radical (unpaired) electrons. The Morgan fingerprint density at radius 1 is 1.24 bits per heavy atom. The predicted molar refractivity (Wildman–Crippen MR) is 126 cm³/mol. The first kappa shape index (κ1) is 25.0. The van der Waals surface area contributed by atoms with Crippen LogP contribution in [0.2, 0.25) is 25.7 Å². The third kappa shape index (κ3) is 6.91. The van der Waals surface area contributed by atoms with Crippen LogP contribution >= 0.6 is 0 Å². The molecule has 0 unspecified atom stereocenters. The Hall–Kier alpha value is -2.66. The summed E-state index contributed by atoms with van der Waals surface area (Å²) in [6, 6.07) is 3.96. The molecule has 0 saturated carbocycles. The molecule has 1 N–H and O–H groups in total. The monoisotopic (exact) mass is 478 g/mol. The number of anilines is 2. The molecular weight excluding hydrogens is 444 g/mol. The molecule has 10 nitrogen and oxygen atoms in total. The van der Waals surface area contributed by atoms with Crippen molar-refractivity contribution in [3.63, 3.8) is 0 Å². The van der Waals surface area contributed by atoms with Crippen molar-refractivity contribution in [2.24, 2.45) is 0 Å². The molecule has 1 saturated heterocycles. The molecule has 11 heteroatoms. The highest BCUT2D eigenvalue weighted by Crippen LogP contribution is 2.33. The zero-order valence-corrected chi connectivity index (χ0v) is 21.3. The Kier molecular flexibility index (Phi) is 7.32. The molecule has 1 aromatic heterocycles. The Morgan fingerprint density at radius 3 is 2.64 bits per heavy atom. The third-order valence-electron chi connectivity index (χ3n) is 5.07. The maximum atomic E-state index is 12.6. The SMILES string of the molecule is CC(C)(C)OC(=O)N[C@@H]1CC(=O)N(c2ccc3c(n2)N(COCC[Si](C)(C)C)C(=O)CO3)C1. The van der Waals surface area contributed by atoms with E-state index in [0.29, 0.717) is 24.0 Å². The van der Waals surface area contributed by atoms with Crippen LogP contribution < -0.4 is 19.9 Å². The molecule has 1 aromatic rings. The molecule has 2 aliphatic heterocycles. The summed E-state index contributed by atoms with van der Waals surface area (Å²) in [7, 11) is -1.25. The molecule has 0 spiro atoms. The molecule has 3 rings (SSSR count). The van der Waals surface area contributed by atoms with Crippen LogP contribution in [0.5, 0.6) is 5.75 Å². The minimum atomic E-state index is -1.25. The number of pyridine rings is 1. The van der Waals surface area contributed by atoms with Crippen molar-refractivity contribution >= 4 is 37.6 Å². The smallest absolute Gasteiger partial charge is 0.407 e. The maximum absolute atomic E-state index is 12.6. The van der Waals surface area contributed by atoms with E-state index in [0.717, 1.165) is 6.04 Å². The van der Waals surface area contributed by atoms with E-state index in [4.69, 9.17) is 14.2 Å². The van der Waals surface area contributed by atoms with Crippen molar-refractivity contribution in [3.05, 3.63) is 12.1 Å². The highest BCUT2D eigenvalue weighted by atomic mass is 28.3. The topological polar surface area (TPSA) is 110 Å². The molecule has 0 aliphatic carbocycles. The second kappa shape index (κ2) is 9.68. The summed E-state index contributed by atoms with van der Waals surface area (Å²) in [6.45, 7) is 12.9. The summed E-state index contributed by atoms with van der Waals surface area (Å²) in [5.41, 5.74) is -0.625. The number of alkyl carbamates (subject to hydrolysis) is 1. The van der Waals surface area contributed by atoms with Gasteiger partial charge in [0.2, 0.25) is 5.91 Å². The van der Waals surface area contributed by atoms with Gasteiger partial charge in [0.1, 0.15) is 18.1 Å². The van der Waals surface area contributed by atoms with Gasteiger partial charge in [0.05, 0.1) is 6.04 Å². The zero-order chi connectivity index (χ0) is 24.4. The summed E-state index contributed by atoms with van der Waals surface area (Å²) in [6.07, 6.45) is -0.432. The van der Waals surface area contributed by atoms with Crippen LogP contribution in [0.3, 0.4) is 0 Å². The average molecular weight is 479 g/mol. The Labute approximate surface area is 195 Å². The van der Waals surface area contributed by atoms with Crippen molar-refractivity contribution in [1.29, 1.82) is 0 Å². The van der Waals surface area contributed by atoms with Gasteiger partial charge in [-0.15, -0.1) is 0 Å². The number of aromatic nitrogens is 1. The van der Waals surface area contributed by atoms with E-state index in [1.54, 1.807) is 32.9 Å². The van der Waals surface area contributed by atoms with Gasteiger partial charge >= 0.3 is 6.09 Å². The van der Waals surface area contributed by atoms with Gasteiger partial charge in [0.25, 0.3) is 5.91 Å². The van der Waals surface area contributed by atoms with E-state index in [-0.39, 0.29) is 38.1 Å². The fourth-order valence-electron chi connectivity index (χ4n) is 3.38. The number of hydrogen-bond donors (Lipinski definition) is 1. The number of fused-ring (bicyclic) bond motifs is 1. The third-order valence-corrected chi connectivity index (χ3v) is 6.78. The maximum Gasteiger partial charge on any atom is 0.407 e. The summed E-state index contributed by atoms with van der Waals surface area (Å²) >= 11 is 0. The second-order valence-corrected chi connectivity index (χ2v) is 16.1. The molecule has 3 heterocycles. The van der Waals surface area contributed by atoms with Crippen LogP contribution in [0.15, 0.2) is 12.1 Å². The van der Waals surface area contributed by atoms with Crippen LogP contribution in [-0.4, -0.2) is 69.1 Å². The van der Waals surface area contributed by atoms with Gasteiger partial charge in [-0.05, 0) is 38.9 Å². The van der Waals surface area contributed by atoms with Crippen LogP contribution in [0.1, 0.15) is 27.2 Å². The number of nitrogens with one attached hydrogen (secondary N) is 1. The van der Waals surface area contributed by atoms with Crippen LogP contribution in [0, 0.1) is 0 Å². The number of ether oxygens (including phenoxy) is 3. The Morgan fingerprint density at radius 2 is 1.97 bits per heavy atom. The number of rotatable bonds is 7. The van der Waals surface area contributed by atoms with Gasteiger partial charge < -0.3 is 19.5 Å². The lowest BCUT2D eigenvalue weighted by Crippen LogP contribution is -2.42. The van der Waals surface area contributed by atoms with Gasteiger partial charge in [-0.25, -0.2) is 9.78 Å². The van der Waals surface area contributed by atoms with E-state index in [1.165, 1.54) is 9.80 Å². The number of nitrogens with zero attached hydrogens (tertiary/aromatic N) is 3. The van der Waals surface area contributed by atoms with Gasteiger partial charge in [0.15, 0.2) is 18.2 Å². The lowest BCUT2D eigenvalue weighted by Gasteiger charge is -2.29. The van der Waals surface area contributed by atoms with E-state index < -0.39 is 25.8 Å². The fraction of sp³-hybridized carbons (Fsp3) is 0.636. The molecule has 33 heavy (non-hydrogen) atoms. The molecule has 1 atom stereocenters. The number of carbonyl (C=O) groups excluding carboxylic acids is 3. The van der Waals surface area contributed by atoms with Crippen LogP contribution in [0.4, 0.5) is 16.4 Å². The lowest BCUT2D eigenvalue weighted by molar-refractivity contribution is -0.122. The lowest BCUT2D eigenvalue weighted by atomic mass is 10.2. The van der Waals surface area contributed by atoms with Gasteiger partial charge in [-0.2, -0.15) is 0 Å². The number of carbonyl (C=O) groups is 3. The van der Waals surface area contributed by atoms with Gasteiger partial charge in [-0.3, -0.25) is 19.4 Å². The second-order valence-electron chi connectivity index (χ2n) is 10.5. The summed E-state index contributed by atoms with van der Waals surface area (Å²) < 4.78 is 16.6. The standard InChI is InChI=1S/C22H34N4O6Si/c1-22(2,3)32-21(29)23-15-11-18(27)25(12-15)17-8-7-16-20(24-17)26(19(28)13-31-16)14-30-9-10-33(4,5)6/h7-8,15H,9-14H2,1-6H3,(H,23,29)/t15-/m1/s1. The minimum absolute atomic E-state index is 0.0763. The van der Waals surface area contributed by atoms with E-state index in [1.807, 2.05) is 0 Å². The first-order valence-corrected chi connectivity index (χ1v) is 14.8. The summed E-state index contributed by atoms with van der Waals surface area (Å²) in [5.74, 6) is 0.745. The quantitative estimate of drug-likeness (QED) is 0.474. The molecule has 2 aliphatic rings. The van der Waals surface area contributed by atoms with Gasteiger partial charge in [0, 0.05) is 27.6 Å². The Balaban J connectivity index is 1.69. The molecule has 0 aromatic carbocycles. The van der Waals surface area contributed by atoms with Crippen molar-refractivity contribution in [1.82, 2.24) is 10.3 Å². The molecule has 0 bridgehead atoms. The summed E-state index contributed by atoms with van der Waals surface area (Å²) in [4.78, 5) is 44.7. The van der Waals surface area contributed by atoms with E-state index in [9.17, 15) is 14.4 Å². The first-order chi connectivity index (χ1) is 15.3. The van der Waals surface area contributed by atoms with E-state index >= 15 is 0 Å². The normalized spacial score (nSPS) is 18.8. The number of amides is 3. The predicted octanol–water partition coefficient (Wildman–Crippen LogP) is 2.75. The molecule has 1 fully saturated rings. The highest BCUT2D eigenvalue weighted by molar-refractivity contribution is 6.76.